The quantitative estimate of drug-likeness (QED) is 0.886. The van der Waals surface area contributed by atoms with Crippen LogP contribution in [0.1, 0.15) is 31.9 Å². The van der Waals surface area contributed by atoms with Crippen LogP contribution in [-0.2, 0) is 11.2 Å². The number of carbonyl (C=O) groups excluding carboxylic acids is 1. The number of likely N-dealkylation sites (tertiary alicyclic amines) is 1. The molecule has 1 aromatic rings. The number of nitrogens with two attached hydrogens (primary N) is 1. The monoisotopic (exact) mass is 250 g/mol. The largest absolute Gasteiger partial charge is 0.469 e. The van der Waals surface area contributed by atoms with E-state index < -0.39 is 0 Å². The Hall–Kier alpha value is -1.29. The molecule has 4 nitrogen and oxygen atoms in total. The molecule has 0 aromatic carbocycles. The van der Waals surface area contributed by atoms with Crippen LogP contribution in [0, 0.1) is 5.92 Å². The van der Waals surface area contributed by atoms with Gasteiger partial charge in [-0.05, 0) is 37.8 Å². The van der Waals surface area contributed by atoms with Gasteiger partial charge in [-0.2, -0.15) is 0 Å². The number of carbonyl (C=O) groups is 1. The first kappa shape index (κ1) is 13.1. The van der Waals surface area contributed by atoms with Gasteiger partial charge in [0, 0.05) is 32.0 Å². The summed E-state index contributed by atoms with van der Waals surface area (Å²) in [4.78, 5) is 14.0. The van der Waals surface area contributed by atoms with E-state index in [1.54, 1.807) is 6.26 Å². The van der Waals surface area contributed by atoms with E-state index in [2.05, 4.69) is 6.92 Å². The average molecular weight is 250 g/mol. The van der Waals surface area contributed by atoms with Gasteiger partial charge < -0.3 is 15.1 Å². The number of rotatable bonds is 4. The van der Waals surface area contributed by atoms with Crippen molar-refractivity contribution < 1.29 is 9.21 Å². The van der Waals surface area contributed by atoms with Gasteiger partial charge in [-0.25, -0.2) is 0 Å². The van der Waals surface area contributed by atoms with Gasteiger partial charge in [-0.15, -0.1) is 0 Å². The lowest BCUT2D eigenvalue weighted by atomic mass is 9.91. The van der Waals surface area contributed by atoms with Crippen molar-refractivity contribution in [3.8, 4) is 0 Å². The third-order valence-corrected chi connectivity index (χ3v) is 3.80. The molecule has 0 saturated carbocycles. The van der Waals surface area contributed by atoms with Gasteiger partial charge in [0.2, 0.25) is 5.91 Å². The molecule has 1 aliphatic heterocycles. The Kier molecular flexibility index (Phi) is 4.42. The first-order valence-electron chi connectivity index (χ1n) is 6.72. The molecule has 2 N–H and O–H groups in total. The molecule has 1 aliphatic rings. The molecule has 1 aromatic heterocycles. The lowest BCUT2D eigenvalue weighted by Crippen LogP contribution is -2.42. The zero-order valence-corrected chi connectivity index (χ0v) is 11.0. The van der Waals surface area contributed by atoms with Gasteiger partial charge >= 0.3 is 0 Å². The van der Waals surface area contributed by atoms with Crippen molar-refractivity contribution in [3.63, 3.8) is 0 Å². The van der Waals surface area contributed by atoms with E-state index in [1.165, 1.54) is 0 Å². The summed E-state index contributed by atoms with van der Waals surface area (Å²) in [5.74, 6) is 1.68. The van der Waals surface area contributed by atoms with Crippen LogP contribution in [0.5, 0.6) is 0 Å². The maximum atomic E-state index is 12.0. The second-order valence-electron chi connectivity index (χ2n) is 5.16. The summed E-state index contributed by atoms with van der Waals surface area (Å²) in [5.41, 5.74) is 5.90. The highest BCUT2D eigenvalue weighted by molar-refractivity contribution is 5.76. The fourth-order valence-electron chi connectivity index (χ4n) is 2.52. The fraction of sp³-hybridized carbons (Fsp3) is 0.643. The molecule has 1 fully saturated rings. The van der Waals surface area contributed by atoms with Crippen LogP contribution in [0.3, 0.4) is 0 Å². The first-order valence-corrected chi connectivity index (χ1v) is 6.72. The van der Waals surface area contributed by atoms with Crippen LogP contribution in [-0.4, -0.2) is 29.9 Å². The van der Waals surface area contributed by atoms with E-state index in [9.17, 15) is 4.79 Å². The molecule has 0 aliphatic carbocycles. The van der Waals surface area contributed by atoms with Crippen molar-refractivity contribution in [3.05, 3.63) is 24.2 Å². The van der Waals surface area contributed by atoms with Crippen LogP contribution in [0.2, 0.25) is 0 Å². The lowest BCUT2D eigenvalue weighted by Gasteiger charge is -2.33. The predicted octanol–water partition coefficient (Wildman–Crippen LogP) is 1.80. The number of aryl methyl sites for hydroxylation is 1. The Morgan fingerprint density at radius 1 is 1.56 bits per heavy atom. The summed E-state index contributed by atoms with van der Waals surface area (Å²) in [7, 11) is 0. The minimum Gasteiger partial charge on any atom is -0.469 e. The molecule has 0 bridgehead atoms. The third-order valence-electron chi connectivity index (χ3n) is 3.80. The maximum Gasteiger partial charge on any atom is 0.223 e. The summed E-state index contributed by atoms with van der Waals surface area (Å²) < 4.78 is 5.23. The molecule has 4 heteroatoms. The standard InChI is InChI=1S/C14H22N2O2/c1-11(15)12-6-8-16(9-7-12)14(17)5-4-13-3-2-10-18-13/h2-3,10-12H,4-9,15H2,1H3. The smallest absolute Gasteiger partial charge is 0.223 e. The van der Waals surface area contributed by atoms with E-state index in [-0.39, 0.29) is 11.9 Å². The van der Waals surface area contributed by atoms with Gasteiger partial charge in [-0.1, -0.05) is 0 Å². The Labute approximate surface area is 108 Å². The molecule has 1 amide bonds. The number of piperidine rings is 1. The first-order chi connectivity index (χ1) is 8.66. The predicted molar refractivity (Wildman–Crippen MR) is 70.0 cm³/mol. The van der Waals surface area contributed by atoms with E-state index in [0.29, 0.717) is 18.8 Å². The second-order valence-corrected chi connectivity index (χ2v) is 5.16. The second kappa shape index (κ2) is 6.05. The average Bonchev–Trinajstić information content (AvgIpc) is 2.89. The summed E-state index contributed by atoms with van der Waals surface area (Å²) in [5, 5.41) is 0. The van der Waals surface area contributed by atoms with E-state index in [0.717, 1.165) is 31.7 Å². The van der Waals surface area contributed by atoms with Crippen molar-refractivity contribution in [1.82, 2.24) is 4.90 Å². The van der Waals surface area contributed by atoms with Crippen LogP contribution >= 0.6 is 0 Å². The Morgan fingerprint density at radius 2 is 2.28 bits per heavy atom. The summed E-state index contributed by atoms with van der Waals surface area (Å²) >= 11 is 0. The van der Waals surface area contributed by atoms with Crippen LogP contribution in [0.15, 0.2) is 22.8 Å². The van der Waals surface area contributed by atoms with Crippen molar-refractivity contribution in [2.75, 3.05) is 13.1 Å². The molecule has 1 unspecified atom stereocenters. The van der Waals surface area contributed by atoms with Crippen molar-refractivity contribution in [2.24, 2.45) is 11.7 Å². The minimum atomic E-state index is 0.231. The molecule has 2 heterocycles. The van der Waals surface area contributed by atoms with E-state index >= 15 is 0 Å². The van der Waals surface area contributed by atoms with Crippen LogP contribution in [0.25, 0.3) is 0 Å². The maximum absolute atomic E-state index is 12.0. The Bertz CT molecular complexity index is 365. The highest BCUT2D eigenvalue weighted by atomic mass is 16.3. The molecular formula is C14H22N2O2. The molecule has 100 valence electrons. The number of furan rings is 1. The molecule has 18 heavy (non-hydrogen) atoms. The Morgan fingerprint density at radius 3 is 2.83 bits per heavy atom. The molecular weight excluding hydrogens is 228 g/mol. The summed E-state index contributed by atoms with van der Waals surface area (Å²) in [6, 6.07) is 4.01. The van der Waals surface area contributed by atoms with Gasteiger partial charge in [-0.3, -0.25) is 4.79 Å². The number of nitrogens with zero attached hydrogens (tertiary/aromatic N) is 1. The molecule has 0 spiro atoms. The summed E-state index contributed by atoms with van der Waals surface area (Å²) in [6.07, 6.45) is 4.94. The van der Waals surface area contributed by atoms with Crippen molar-refractivity contribution in [1.29, 1.82) is 0 Å². The van der Waals surface area contributed by atoms with Gasteiger partial charge in [0.05, 0.1) is 6.26 Å². The third kappa shape index (κ3) is 3.35. The normalized spacial score (nSPS) is 18.9. The highest BCUT2D eigenvalue weighted by Crippen LogP contribution is 2.20. The van der Waals surface area contributed by atoms with Gasteiger partial charge in [0.25, 0.3) is 0 Å². The lowest BCUT2D eigenvalue weighted by molar-refractivity contribution is -0.132. The molecule has 0 radical (unpaired) electrons. The van der Waals surface area contributed by atoms with Crippen LogP contribution < -0.4 is 5.73 Å². The van der Waals surface area contributed by atoms with Crippen LogP contribution in [0.4, 0.5) is 0 Å². The number of hydrogen-bond donors (Lipinski definition) is 1. The Balaban J connectivity index is 1.74. The SMILES string of the molecule is CC(N)C1CCN(C(=O)CCc2ccco2)CC1. The topological polar surface area (TPSA) is 59.5 Å². The number of amides is 1. The zero-order chi connectivity index (χ0) is 13.0. The van der Waals surface area contributed by atoms with Crippen molar-refractivity contribution >= 4 is 5.91 Å². The summed E-state index contributed by atoms with van der Waals surface area (Å²) in [6.45, 7) is 3.76. The zero-order valence-electron chi connectivity index (χ0n) is 11.0. The highest BCUT2D eigenvalue weighted by Gasteiger charge is 2.24. The molecule has 2 rings (SSSR count). The van der Waals surface area contributed by atoms with Gasteiger partial charge in [0.1, 0.15) is 5.76 Å². The minimum absolute atomic E-state index is 0.231. The molecule has 1 saturated heterocycles. The number of hydrogen-bond acceptors (Lipinski definition) is 3. The van der Waals surface area contributed by atoms with E-state index in [1.807, 2.05) is 17.0 Å². The van der Waals surface area contributed by atoms with Crippen molar-refractivity contribution in [2.45, 2.75) is 38.6 Å². The molecule has 1 atom stereocenters. The van der Waals surface area contributed by atoms with Gasteiger partial charge in [0.15, 0.2) is 0 Å². The van der Waals surface area contributed by atoms with E-state index in [4.69, 9.17) is 10.2 Å². The fourth-order valence-corrected chi connectivity index (χ4v) is 2.52.